The maximum Gasteiger partial charge on any atom is 0.223 e. The van der Waals surface area contributed by atoms with Crippen LogP contribution in [0.25, 0.3) is 0 Å². The number of hydrogen-bond donors (Lipinski definition) is 1. The van der Waals surface area contributed by atoms with Crippen LogP contribution in [0.2, 0.25) is 0 Å². The third-order valence-electron chi connectivity index (χ3n) is 4.00. The second-order valence-electron chi connectivity index (χ2n) is 6.04. The lowest BCUT2D eigenvalue weighted by Gasteiger charge is -2.14. The van der Waals surface area contributed by atoms with Crippen LogP contribution in [-0.2, 0) is 17.8 Å². The van der Waals surface area contributed by atoms with E-state index in [2.05, 4.69) is 15.2 Å². The van der Waals surface area contributed by atoms with Crippen molar-refractivity contribution < 1.29 is 9.18 Å². The average Bonchev–Trinajstić information content (AvgIpc) is 3.09. The van der Waals surface area contributed by atoms with E-state index in [1.165, 1.54) is 24.3 Å². The number of halogens is 1. The van der Waals surface area contributed by atoms with Crippen molar-refractivity contribution in [2.45, 2.75) is 26.3 Å². The molecule has 0 aliphatic carbocycles. The molecule has 1 aromatic heterocycles. The molecule has 1 aromatic carbocycles. The molecule has 0 bridgehead atoms. The van der Waals surface area contributed by atoms with E-state index in [9.17, 15) is 9.18 Å². The molecule has 122 valence electrons. The minimum atomic E-state index is -0.160. The van der Waals surface area contributed by atoms with Gasteiger partial charge in [-0.05, 0) is 43.0 Å². The molecule has 4 nitrogen and oxygen atoms in total. The molecule has 1 atom stereocenters. The number of carbonyl (C=O) groups excluding carboxylic acids is 1. The Hall–Kier alpha value is -1.79. The number of aromatic nitrogens is 1. The topological polar surface area (TPSA) is 45.2 Å². The zero-order chi connectivity index (χ0) is 16.2. The number of hydrogen-bond acceptors (Lipinski definition) is 4. The van der Waals surface area contributed by atoms with Gasteiger partial charge in [-0.2, -0.15) is 0 Å². The number of nitrogens with zero attached hydrogens (tertiary/aromatic N) is 2. The average molecular weight is 333 g/mol. The summed E-state index contributed by atoms with van der Waals surface area (Å²) in [6, 6.07) is 6.89. The quantitative estimate of drug-likeness (QED) is 0.913. The number of nitrogens with one attached hydrogen (secondary N) is 1. The molecule has 23 heavy (non-hydrogen) atoms. The van der Waals surface area contributed by atoms with Crippen molar-refractivity contribution in [3.8, 4) is 0 Å². The monoisotopic (exact) mass is 333 g/mol. The number of amides is 1. The van der Waals surface area contributed by atoms with E-state index < -0.39 is 0 Å². The van der Waals surface area contributed by atoms with Crippen LogP contribution in [0.3, 0.4) is 0 Å². The van der Waals surface area contributed by atoms with E-state index in [1.807, 2.05) is 12.3 Å². The summed E-state index contributed by atoms with van der Waals surface area (Å²) >= 11 is 1.52. The van der Waals surface area contributed by atoms with E-state index in [0.717, 1.165) is 42.9 Å². The predicted molar refractivity (Wildman–Crippen MR) is 89.9 cm³/mol. The van der Waals surface area contributed by atoms with Crippen molar-refractivity contribution in [3.63, 3.8) is 0 Å². The van der Waals surface area contributed by atoms with Crippen molar-refractivity contribution in [1.82, 2.24) is 9.88 Å². The molecule has 0 saturated carbocycles. The van der Waals surface area contributed by atoms with Crippen molar-refractivity contribution in [3.05, 3.63) is 46.7 Å². The highest BCUT2D eigenvalue weighted by Crippen LogP contribution is 2.25. The fourth-order valence-electron chi connectivity index (χ4n) is 3.03. The van der Waals surface area contributed by atoms with Gasteiger partial charge >= 0.3 is 0 Å². The van der Waals surface area contributed by atoms with Crippen LogP contribution in [0.1, 0.15) is 23.8 Å². The molecule has 0 radical (unpaired) electrons. The molecule has 1 aliphatic heterocycles. The minimum absolute atomic E-state index is 0.0952. The second-order valence-corrected chi connectivity index (χ2v) is 7.15. The first-order chi connectivity index (χ1) is 11.1. The van der Waals surface area contributed by atoms with Gasteiger partial charge in [0.05, 0.1) is 0 Å². The minimum Gasteiger partial charge on any atom is -0.302 e. The number of benzene rings is 1. The van der Waals surface area contributed by atoms with Gasteiger partial charge in [0.15, 0.2) is 5.13 Å². The first-order valence-corrected chi connectivity index (χ1v) is 8.59. The SMILES string of the molecule is CC(=O)Nc1ncc(CN2CCC(Cc3cccc(F)c3)C2)s1. The van der Waals surface area contributed by atoms with Gasteiger partial charge in [0.2, 0.25) is 5.91 Å². The smallest absolute Gasteiger partial charge is 0.223 e. The molecule has 0 spiro atoms. The second kappa shape index (κ2) is 7.19. The van der Waals surface area contributed by atoms with Gasteiger partial charge in [0.1, 0.15) is 5.82 Å². The third kappa shape index (κ3) is 4.59. The van der Waals surface area contributed by atoms with Gasteiger partial charge in [0.25, 0.3) is 0 Å². The van der Waals surface area contributed by atoms with Gasteiger partial charge in [-0.25, -0.2) is 9.37 Å². The lowest BCUT2D eigenvalue weighted by atomic mass is 9.99. The summed E-state index contributed by atoms with van der Waals surface area (Å²) in [6.45, 7) is 4.41. The summed E-state index contributed by atoms with van der Waals surface area (Å²) in [5, 5.41) is 3.37. The summed E-state index contributed by atoms with van der Waals surface area (Å²) in [6.07, 6.45) is 3.89. The number of rotatable bonds is 5. The molecule has 6 heteroatoms. The molecule has 1 amide bonds. The summed E-state index contributed by atoms with van der Waals surface area (Å²) in [5.41, 5.74) is 1.07. The number of anilines is 1. The number of carbonyl (C=O) groups is 1. The van der Waals surface area contributed by atoms with E-state index in [0.29, 0.717) is 11.0 Å². The van der Waals surface area contributed by atoms with Crippen LogP contribution >= 0.6 is 11.3 Å². The Morgan fingerprint density at radius 3 is 3.17 bits per heavy atom. The van der Waals surface area contributed by atoms with Gasteiger partial charge in [-0.3, -0.25) is 9.69 Å². The fraction of sp³-hybridized carbons (Fsp3) is 0.412. The van der Waals surface area contributed by atoms with Crippen molar-refractivity contribution in [2.24, 2.45) is 5.92 Å². The first kappa shape index (κ1) is 16.1. The normalized spacial score (nSPS) is 18.3. The van der Waals surface area contributed by atoms with Crippen LogP contribution in [0, 0.1) is 11.7 Å². The Morgan fingerprint density at radius 1 is 1.52 bits per heavy atom. The Bertz CT molecular complexity index is 688. The molecule has 2 aromatic rings. The Labute approximate surface area is 139 Å². The number of thiazole rings is 1. The van der Waals surface area contributed by atoms with Crippen LogP contribution in [0.15, 0.2) is 30.5 Å². The molecular formula is C17H20FN3OS. The maximum atomic E-state index is 13.3. The molecule has 1 N–H and O–H groups in total. The van der Waals surface area contributed by atoms with Crippen LogP contribution in [0.5, 0.6) is 0 Å². The fourth-order valence-corrected chi connectivity index (χ4v) is 3.93. The van der Waals surface area contributed by atoms with Gasteiger partial charge < -0.3 is 5.32 Å². The molecule has 2 heterocycles. The van der Waals surface area contributed by atoms with E-state index in [4.69, 9.17) is 0 Å². The maximum absolute atomic E-state index is 13.3. The highest BCUT2D eigenvalue weighted by Gasteiger charge is 2.23. The van der Waals surface area contributed by atoms with Gasteiger partial charge in [-0.15, -0.1) is 11.3 Å². The molecule has 1 aliphatic rings. The van der Waals surface area contributed by atoms with E-state index in [1.54, 1.807) is 12.1 Å². The zero-order valence-corrected chi connectivity index (χ0v) is 13.9. The zero-order valence-electron chi connectivity index (χ0n) is 13.1. The summed E-state index contributed by atoms with van der Waals surface area (Å²) in [4.78, 5) is 18.8. The summed E-state index contributed by atoms with van der Waals surface area (Å²) < 4.78 is 13.3. The predicted octanol–water partition coefficient (Wildman–Crippen LogP) is 3.31. The number of likely N-dealkylation sites (tertiary alicyclic amines) is 1. The lowest BCUT2D eigenvalue weighted by Crippen LogP contribution is -2.20. The van der Waals surface area contributed by atoms with Gasteiger partial charge in [-0.1, -0.05) is 12.1 Å². The Morgan fingerprint density at radius 2 is 2.39 bits per heavy atom. The molecule has 1 saturated heterocycles. The van der Waals surface area contributed by atoms with E-state index in [-0.39, 0.29) is 11.7 Å². The van der Waals surface area contributed by atoms with Crippen LogP contribution in [-0.4, -0.2) is 28.9 Å². The van der Waals surface area contributed by atoms with Crippen LogP contribution in [0.4, 0.5) is 9.52 Å². The largest absolute Gasteiger partial charge is 0.302 e. The molecule has 1 unspecified atom stereocenters. The van der Waals surface area contributed by atoms with Crippen molar-refractivity contribution in [1.29, 1.82) is 0 Å². The van der Waals surface area contributed by atoms with Crippen molar-refractivity contribution in [2.75, 3.05) is 18.4 Å². The Kier molecular flexibility index (Phi) is 5.03. The molecular weight excluding hydrogens is 313 g/mol. The molecule has 1 fully saturated rings. The van der Waals surface area contributed by atoms with Crippen LogP contribution < -0.4 is 5.32 Å². The lowest BCUT2D eigenvalue weighted by molar-refractivity contribution is -0.114. The highest BCUT2D eigenvalue weighted by atomic mass is 32.1. The summed E-state index contributed by atoms with van der Waals surface area (Å²) in [7, 11) is 0. The molecule has 3 rings (SSSR count). The van der Waals surface area contributed by atoms with E-state index >= 15 is 0 Å². The first-order valence-electron chi connectivity index (χ1n) is 7.77. The van der Waals surface area contributed by atoms with Gasteiger partial charge in [0, 0.05) is 31.1 Å². The third-order valence-corrected chi connectivity index (χ3v) is 4.90. The summed E-state index contributed by atoms with van der Waals surface area (Å²) in [5.74, 6) is 0.314. The highest BCUT2D eigenvalue weighted by molar-refractivity contribution is 7.15. The van der Waals surface area contributed by atoms with Crippen molar-refractivity contribution >= 4 is 22.4 Å². The standard InChI is InChI=1S/C17H20FN3OS/c1-12(22)20-17-19-9-16(23-17)11-21-6-5-14(10-21)7-13-3-2-4-15(18)8-13/h2-4,8-9,14H,5-7,10-11H2,1H3,(H,19,20,22). The Balaban J connectivity index is 1.51.